The van der Waals surface area contributed by atoms with Crippen LogP contribution in [0.4, 0.5) is 0 Å². The topological polar surface area (TPSA) is 76.7 Å². The van der Waals surface area contributed by atoms with E-state index in [9.17, 15) is 9.59 Å². The number of benzene rings is 1. The molecule has 1 heterocycles. The Morgan fingerprint density at radius 2 is 2.05 bits per heavy atom. The molecule has 2 amide bonds. The molecule has 2 atom stereocenters. The monoisotopic (exact) mass is 292 g/mol. The molecule has 2 rings (SSSR count). The summed E-state index contributed by atoms with van der Waals surface area (Å²) in [7, 11) is 3.20. The Bertz CT molecular complexity index is 544. The maximum Gasteiger partial charge on any atom is 0.243 e. The maximum atomic E-state index is 11.8. The van der Waals surface area contributed by atoms with Gasteiger partial charge in [-0.05, 0) is 31.5 Å². The second-order valence-corrected chi connectivity index (χ2v) is 5.00. The molecule has 0 radical (unpaired) electrons. The lowest BCUT2D eigenvalue weighted by atomic mass is 10.0. The summed E-state index contributed by atoms with van der Waals surface area (Å²) < 4.78 is 10.6. The Hall–Kier alpha value is -2.08. The van der Waals surface area contributed by atoms with Crippen molar-refractivity contribution in [1.29, 1.82) is 0 Å². The van der Waals surface area contributed by atoms with Crippen molar-refractivity contribution in [2.75, 3.05) is 14.2 Å². The van der Waals surface area contributed by atoms with Crippen molar-refractivity contribution in [2.24, 2.45) is 0 Å². The van der Waals surface area contributed by atoms with Crippen molar-refractivity contribution in [3.8, 4) is 11.5 Å². The minimum Gasteiger partial charge on any atom is -0.497 e. The van der Waals surface area contributed by atoms with Crippen LogP contribution in [0, 0.1) is 0 Å². The van der Waals surface area contributed by atoms with Crippen LogP contribution in [0.2, 0.25) is 0 Å². The van der Waals surface area contributed by atoms with E-state index in [1.807, 2.05) is 25.1 Å². The Kier molecular flexibility index (Phi) is 4.80. The highest BCUT2D eigenvalue weighted by Gasteiger charge is 2.28. The zero-order valence-corrected chi connectivity index (χ0v) is 12.4. The summed E-state index contributed by atoms with van der Waals surface area (Å²) >= 11 is 0. The average molecular weight is 292 g/mol. The van der Waals surface area contributed by atoms with Gasteiger partial charge >= 0.3 is 0 Å². The van der Waals surface area contributed by atoms with Crippen molar-refractivity contribution in [1.82, 2.24) is 10.6 Å². The molecule has 2 N–H and O–H groups in total. The zero-order valence-electron chi connectivity index (χ0n) is 12.4. The Morgan fingerprint density at radius 1 is 1.29 bits per heavy atom. The molecule has 21 heavy (non-hydrogen) atoms. The fourth-order valence-corrected chi connectivity index (χ4v) is 2.42. The molecular weight excluding hydrogens is 272 g/mol. The zero-order chi connectivity index (χ0) is 15.4. The van der Waals surface area contributed by atoms with E-state index in [1.54, 1.807) is 14.2 Å². The quantitative estimate of drug-likeness (QED) is 0.796. The summed E-state index contributed by atoms with van der Waals surface area (Å²) in [6, 6.07) is 5.04. The number of methoxy groups -OCH3 is 2. The highest BCUT2D eigenvalue weighted by Crippen LogP contribution is 2.29. The molecule has 114 valence electrons. The standard InChI is InChI=1S/C15H20N2O4/c1-9(16-12-5-7-14(18)17-15(12)19)11-8-10(20-2)4-6-13(11)21-3/h4,6,8-9,12,16H,5,7H2,1-3H3,(H,17,18,19). The lowest BCUT2D eigenvalue weighted by molar-refractivity contribution is -0.134. The van der Waals surface area contributed by atoms with Crippen LogP contribution in [0.5, 0.6) is 11.5 Å². The minimum absolute atomic E-state index is 0.112. The number of carbonyl (C=O) groups is 2. The maximum absolute atomic E-state index is 11.8. The summed E-state index contributed by atoms with van der Waals surface area (Å²) in [6.45, 7) is 1.95. The van der Waals surface area contributed by atoms with E-state index in [2.05, 4.69) is 10.6 Å². The van der Waals surface area contributed by atoms with Crippen LogP contribution in [-0.2, 0) is 9.59 Å². The van der Waals surface area contributed by atoms with Gasteiger partial charge in [0.25, 0.3) is 0 Å². The number of amides is 2. The van der Waals surface area contributed by atoms with E-state index < -0.39 is 0 Å². The van der Waals surface area contributed by atoms with E-state index in [0.717, 1.165) is 17.1 Å². The fraction of sp³-hybridized carbons (Fsp3) is 0.467. The van der Waals surface area contributed by atoms with Crippen LogP contribution in [0.3, 0.4) is 0 Å². The summed E-state index contributed by atoms with van der Waals surface area (Å²) in [5, 5.41) is 5.57. The fourth-order valence-electron chi connectivity index (χ4n) is 2.42. The number of piperidine rings is 1. The largest absolute Gasteiger partial charge is 0.497 e. The molecule has 1 aliphatic heterocycles. The van der Waals surface area contributed by atoms with Crippen molar-refractivity contribution in [2.45, 2.75) is 31.8 Å². The van der Waals surface area contributed by atoms with E-state index in [-0.39, 0.29) is 23.9 Å². The second-order valence-electron chi connectivity index (χ2n) is 5.00. The smallest absolute Gasteiger partial charge is 0.243 e. The van der Waals surface area contributed by atoms with Gasteiger partial charge in [0.2, 0.25) is 11.8 Å². The summed E-state index contributed by atoms with van der Waals surface area (Å²) in [6.07, 6.45) is 0.854. The van der Waals surface area contributed by atoms with Crippen LogP contribution in [0.1, 0.15) is 31.4 Å². The molecule has 0 aliphatic carbocycles. The van der Waals surface area contributed by atoms with E-state index in [4.69, 9.17) is 9.47 Å². The lowest BCUT2D eigenvalue weighted by Gasteiger charge is -2.26. The van der Waals surface area contributed by atoms with Gasteiger partial charge in [-0.1, -0.05) is 0 Å². The van der Waals surface area contributed by atoms with Crippen molar-refractivity contribution < 1.29 is 19.1 Å². The summed E-state index contributed by atoms with van der Waals surface area (Å²) in [5.41, 5.74) is 0.904. The Morgan fingerprint density at radius 3 is 2.67 bits per heavy atom. The molecule has 6 heteroatoms. The van der Waals surface area contributed by atoms with Crippen LogP contribution in [-0.4, -0.2) is 32.1 Å². The highest BCUT2D eigenvalue weighted by atomic mass is 16.5. The third-order valence-corrected chi connectivity index (χ3v) is 3.59. The van der Waals surface area contributed by atoms with Gasteiger partial charge in [-0.15, -0.1) is 0 Å². The van der Waals surface area contributed by atoms with Crippen LogP contribution < -0.4 is 20.1 Å². The number of ether oxygens (including phenoxy) is 2. The molecule has 6 nitrogen and oxygen atoms in total. The van der Waals surface area contributed by atoms with Gasteiger partial charge in [-0.3, -0.25) is 20.2 Å². The first-order valence-electron chi connectivity index (χ1n) is 6.86. The number of rotatable bonds is 5. The third kappa shape index (κ3) is 3.52. The van der Waals surface area contributed by atoms with Gasteiger partial charge in [-0.25, -0.2) is 0 Å². The number of imide groups is 1. The molecule has 1 saturated heterocycles. The molecule has 0 spiro atoms. The third-order valence-electron chi connectivity index (χ3n) is 3.59. The van der Waals surface area contributed by atoms with Crippen LogP contribution in [0.25, 0.3) is 0 Å². The highest BCUT2D eigenvalue weighted by molar-refractivity contribution is 6.00. The minimum atomic E-state index is -0.381. The van der Waals surface area contributed by atoms with Gasteiger partial charge in [0.1, 0.15) is 11.5 Å². The number of nitrogens with one attached hydrogen (secondary N) is 2. The molecular formula is C15H20N2O4. The van der Waals surface area contributed by atoms with E-state index in [1.165, 1.54) is 0 Å². The van der Waals surface area contributed by atoms with Crippen molar-refractivity contribution >= 4 is 11.8 Å². The summed E-state index contributed by atoms with van der Waals surface area (Å²) in [5.74, 6) is 0.954. The van der Waals surface area contributed by atoms with Crippen molar-refractivity contribution in [3.05, 3.63) is 23.8 Å². The molecule has 0 saturated carbocycles. The van der Waals surface area contributed by atoms with E-state index >= 15 is 0 Å². The number of hydrogen-bond acceptors (Lipinski definition) is 5. The van der Waals surface area contributed by atoms with Crippen LogP contribution >= 0.6 is 0 Å². The van der Waals surface area contributed by atoms with Gasteiger partial charge in [0, 0.05) is 18.0 Å². The number of carbonyl (C=O) groups excluding carboxylic acids is 2. The average Bonchev–Trinajstić information content (AvgIpc) is 2.49. The Labute approximate surface area is 123 Å². The van der Waals surface area contributed by atoms with Crippen molar-refractivity contribution in [3.63, 3.8) is 0 Å². The number of hydrogen-bond donors (Lipinski definition) is 2. The van der Waals surface area contributed by atoms with Crippen LogP contribution in [0.15, 0.2) is 18.2 Å². The van der Waals surface area contributed by atoms with Gasteiger partial charge in [0.05, 0.1) is 20.3 Å². The first-order valence-corrected chi connectivity index (χ1v) is 6.86. The summed E-state index contributed by atoms with van der Waals surface area (Å²) in [4.78, 5) is 23.0. The first-order chi connectivity index (χ1) is 10.0. The van der Waals surface area contributed by atoms with Gasteiger partial charge in [0.15, 0.2) is 0 Å². The van der Waals surface area contributed by atoms with E-state index in [0.29, 0.717) is 12.8 Å². The Balaban J connectivity index is 2.14. The predicted molar refractivity (Wildman–Crippen MR) is 77.3 cm³/mol. The molecule has 0 aromatic heterocycles. The van der Waals surface area contributed by atoms with Gasteiger partial charge < -0.3 is 9.47 Å². The molecule has 1 fully saturated rings. The van der Waals surface area contributed by atoms with Gasteiger partial charge in [-0.2, -0.15) is 0 Å². The SMILES string of the molecule is COc1ccc(OC)c(C(C)NC2CCC(=O)NC2=O)c1. The molecule has 2 unspecified atom stereocenters. The molecule has 0 bridgehead atoms. The molecule has 1 aromatic carbocycles. The second kappa shape index (κ2) is 6.58. The molecule has 1 aliphatic rings. The normalized spacial score (nSPS) is 19.9. The first kappa shape index (κ1) is 15.3. The lowest BCUT2D eigenvalue weighted by Crippen LogP contribution is -2.51. The molecule has 1 aromatic rings. The predicted octanol–water partition coefficient (Wildman–Crippen LogP) is 1.16.